The van der Waals surface area contributed by atoms with Crippen LogP contribution >= 0.6 is 0 Å². The summed E-state index contributed by atoms with van der Waals surface area (Å²) in [6.45, 7) is 0. The maximum absolute atomic E-state index is 2.34. The van der Waals surface area contributed by atoms with Gasteiger partial charge in [0.05, 0.1) is 5.69 Å². The first-order chi connectivity index (χ1) is 28.7. The molecule has 1 unspecified atom stereocenters. The third kappa shape index (κ3) is 8.31. The van der Waals surface area contributed by atoms with E-state index in [1.165, 1.54) is 60.6 Å². The molecule has 0 heterocycles. The number of aryl methyl sites for hydroxylation is 1. The van der Waals surface area contributed by atoms with Crippen LogP contribution in [0.15, 0.2) is 218 Å². The van der Waals surface area contributed by atoms with Crippen LogP contribution in [0.25, 0.3) is 45.8 Å². The lowest BCUT2D eigenvalue weighted by molar-refractivity contribution is 0.720. The summed E-state index contributed by atoms with van der Waals surface area (Å²) >= 11 is 0. The minimum Gasteiger partial charge on any atom is -0.310 e. The molecule has 0 bridgehead atoms. The maximum atomic E-state index is 2.34. The molecular formula is C57H45N. The van der Waals surface area contributed by atoms with Crippen LogP contribution in [-0.4, -0.2) is 0 Å². The Morgan fingerprint density at radius 3 is 1.43 bits per heavy atom. The van der Waals surface area contributed by atoms with Crippen molar-refractivity contribution in [2.45, 2.75) is 18.8 Å². The Balaban J connectivity index is 0.844. The molecular weight excluding hydrogens is 699 g/mol. The molecule has 9 rings (SSSR count). The van der Waals surface area contributed by atoms with Gasteiger partial charge in [-0.2, -0.15) is 0 Å². The van der Waals surface area contributed by atoms with Crippen LogP contribution in [0.3, 0.4) is 0 Å². The quantitative estimate of drug-likeness (QED) is 0.113. The van der Waals surface area contributed by atoms with Gasteiger partial charge in [-0.05, 0) is 98.3 Å². The van der Waals surface area contributed by atoms with Crippen molar-refractivity contribution in [3.8, 4) is 0 Å². The summed E-state index contributed by atoms with van der Waals surface area (Å²) in [6.07, 6.45) is 10.8. The van der Waals surface area contributed by atoms with E-state index in [9.17, 15) is 0 Å². The van der Waals surface area contributed by atoms with Gasteiger partial charge in [-0.1, -0.05) is 212 Å². The Hall–Kier alpha value is -7.22. The molecule has 0 amide bonds. The normalized spacial score (nSPS) is 12.1. The van der Waals surface area contributed by atoms with Crippen molar-refractivity contribution in [1.82, 2.24) is 0 Å². The van der Waals surface area contributed by atoms with Crippen molar-refractivity contribution in [2.24, 2.45) is 0 Å². The first-order valence-corrected chi connectivity index (χ1v) is 20.3. The average molecular weight is 744 g/mol. The minimum absolute atomic E-state index is 0.336. The lowest BCUT2D eigenvalue weighted by atomic mass is 9.84. The molecule has 1 heteroatoms. The second-order valence-corrected chi connectivity index (χ2v) is 14.9. The van der Waals surface area contributed by atoms with E-state index >= 15 is 0 Å². The summed E-state index contributed by atoms with van der Waals surface area (Å²) in [5, 5.41) is 5.10. The summed E-state index contributed by atoms with van der Waals surface area (Å²) in [5.41, 5.74) is 12.3. The Bertz CT molecular complexity index is 2790. The predicted octanol–water partition coefficient (Wildman–Crippen LogP) is 15.6. The lowest BCUT2D eigenvalue weighted by Crippen LogP contribution is -2.10. The van der Waals surface area contributed by atoms with Crippen molar-refractivity contribution >= 4 is 62.9 Å². The molecule has 0 spiro atoms. The molecule has 0 aromatic heterocycles. The number of benzene rings is 9. The van der Waals surface area contributed by atoms with Crippen LogP contribution in [0.4, 0.5) is 17.1 Å². The van der Waals surface area contributed by atoms with Crippen molar-refractivity contribution in [2.75, 3.05) is 4.90 Å². The van der Waals surface area contributed by atoms with Crippen LogP contribution in [0, 0.1) is 0 Å². The molecule has 9 aromatic rings. The Morgan fingerprint density at radius 2 is 0.810 bits per heavy atom. The minimum atomic E-state index is 0.336. The molecule has 0 fully saturated rings. The number of anilines is 3. The number of hydrogen-bond donors (Lipinski definition) is 0. The second kappa shape index (κ2) is 17.3. The highest BCUT2D eigenvalue weighted by molar-refractivity contribution is 5.99. The van der Waals surface area contributed by atoms with Crippen LogP contribution in [0.5, 0.6) is 0 Å². The second-order valence-electron chi connectivity index (χ2n) is 14.9. The summed E-state index contributed by atoms with van der Waals surface area (Å²) in [7, 11) is 0. The molecule has 0 aliphatic carbocycles. The van der Waals surface area contributed by atoms with E-state index in [1.54, 1.807) is 0 Å². The van der Waals surface area contributed by atoms with Gasteiger partial charge in [0.15, 0.2) is 0 Å². The molecule has 58 heavy (non-hydrogen) atoms. The smallest absolute Gasteiger partial charge is 0.0540 e. The van der Waals surface area contributed by atoms with Crippen LogP contribution in [0.2, 0.25) is 0 Å². The zero-order valence-electron chi connectivity index (χ0n) is 32.5. The molecule has 1 nitrogen and oxygen atoms in total. The highest BCUT2D eigenvalue weighted by atomic mass is 15.1. The predicted molar refractivity (Wildman–Crippen MR) is 250 cm³/mol. The molecule has 0 saturated heterocycles. The highest BCUT2D eigenvalue weighted by Crippen LogP contribution is 2.39. The molecule has 1 atom stereocenters. The number of fused-ring (bicyclic) bond motifs is 2. The molecule has 0 aliphatic heterocycles. The zero-order chi connectivity index (χ0) is 38.9. The van der Waals surface area contributed by atoms with E-state index in [-0.39, 0.29) is 0 Å². The molecule has 0 aliphatic rings. The largest absolute Gasteiger partial charge is 0.310 e. The van der Waals surface area contributed by atoms with Crippen molar-refractivity contribution in [3.05, 3.63) is 257 Å². The fourth-order valence-electron chi connectivity index (χ4n) is 8.09. The Morgan fingerprint density at radius 1 is 0.362 bits per heavy atom. The van der Waals surface area contributed by atoms with Gasteiger partial charge in [0.25, 0.3) is 0 Å². The third-order valence-corrected chi connectivity index (χ3v) is 11.1. The van der Waals surface area contributed by atoms with Gasteiger partial charge in [-0.3, -0.25) is 0 Å². The van der Waals surface area contributed by atoms with Crippen LogP contribution < -0.4 is 4.90 Å². The van der Waals surface area contributed by atoms with E-state index in [4.69, 9.17) is 0 Å². The summed E-state index contributed by atoms with van der Waals surface area (Å²) in [6, 6.07) is 78.8. The number of hydrogen-bond acceptors (Lipinski definition) is 1. The molecule has 0 radical (unpaired) electrons. The topological polar surface area (TPSA) is 3.24 Å². The van der Waals surface area contributed by atoms with Gasteiger partial charge in [0.2, 0.25) is 0 Å². The average Bonchev–Trinajstić information content (AvgIpc) is 3.30. The van der Waals surface area contributed by atoms with E-state index < -0.39 is 0 Å². The standard InChI is InChI=1S/C57H45N/c1-3-13-48(14-4-1)54(56-23-11-17-49-15-7-9-21-53(49)56)42-39-46-34-31-45(32-35-46)30-27-43-25-28-44(29-26-43)33-36-47-37-40-52(41-38-47)58(51-19-5-2-6-20-51)57-24-12-18-50-16-8-10-22-55(50)57/h1-38,40-41,54H,39,42H2/b30-27+,36-33+. The van der Waals surface area contributed by atoms with Gasteiger partial charge in [-0.15, -0.1) is 0 Å². The van der Waals surface area contributed by atoms with Gasteiger partial charge in [-0.25, -0.2) is 0 Å². The maximum Gasteiger partial charge on any atom is 0.0540 e. The van der Waals surface area contributed by atoms with E-state index in [1.807, 2.05) is 0 Å². The van der Waals surface area contributed by atoms with E-state index in [0.717, 1.165) is 29.8 Å². The number of para-hydroxylation sites is 1. The fourth-order valence-corrected chi connectivity index (χ4v) is 8.09. The first-order valence-electron chi connectivity index (χ1n) is 20.3. The number of rotatable bonds is 12. The van der Waals surface area contributed by atoms with E-state index in [2.05, 4.69) is 248 Å². The van der Waals surface area contributed by atoms with Crippen LogP contribution in [0.1, 0.15) is 51.3 Å². The van der Waals surface area contributed by atoms with Gasteiger partial charge in [0, 0.05) is 22.7 Å². The Labute approximate surface area is 342 Å². The molecule has 278 valence electrons. The van der Waals surface area contributed by atoms with Gasteiger partial charge >= 0.3 is 0 Å². The van der Waals surface area contributed by atoms with Crippen molar-refractivity contribution < 1.29 is 0 Å². The van der Waals surface area contributed by atoms with Crippen LogP contribution in [-0.2, 0) is 6.42 Å². The van der Waals surface area contributed by atoms with Crippen molar-refractivity contribution in [1.29, 1.82) is 0 Å². The van der Waals surface area contributed by atoms with Gasteiger partial charge in [0.1, 0.15) is 0 Å². The molecule has 9 aromatic carbocycles. The van der Waals surface area contributed by atoms with Gasteiger partial charge < -0.3 is 4.90 Å². The third-order valence-electron chi connectivity index (χ3n) is 11.1. The zero-order valence-corrected chi connectivity index (χ0v) is 32.5. The van der Waals surface area contributed by atoms with E-state index in [0.29, 0.717) is 5.92 Å². The Kier molecular flexibility index (Phi) is 10.9. The number of nitrogens with zero attached hydrogens (tertiary/aromatic N) is 1. The molecule has 0 saturated carbocycles. The summed E-state index contributed by atoms with van der Waals surface area (Å²) in [4.78, 5) is 2.34. The molecule has 0 N–H and O–H groups in total. The highest BCUT2D eigenvalue weighted by Gasteiger charge is 2.17. The monoisotopic (exact) mass is 743 g/mol. The van der Waals surface area contributed by atoms with Crippen molar-refractivity contribution in [3.63, 3.8) is 0 Å². The lowest BCUT2D eigenvalue weighted by Gasteiger charge is -2.27. The summed E-state index contributed by atoms with van der Waals surface area (Å²) in [5.74, 6) is 0.336. The first kappa shape index (κ1) is 36.4. The summed E-state index contributed by atoms with van der Waals surface area (Å²) < 4.78 is 0. The fraction of sp³-hybridized carbons (Fsp3) is 0.0526. The SMILES string of the molecule is C(=C\c1ccc(CCC(c2ccccc2)c2cccc3ccccc23)cc1)/c1ccc(/C=C/c2ccc(N(c3ccccc3)c3cccc4ccccc34)cc2)cc1.